The fourth-order valence-electron chi connectivity index (χ4n) is 5.12. The third-order valence-electron chi connectivity index (χ3n) is 5.88. The number of halogens is 3. The smallest absolute Gasteiger partial charge is 0.379 e. The van der Waals surface area contributed by atoms with E-state index in [1.54, 1.807) is 7.11 Å². The molecular formula is C15H16F3N5O. The molecule has 6 nitrogen and oxygen atoms in total. The Morgan fingerprint density at radius 1 is 1.25 bits per heavy atom. The van der Waals surface area contributed by atoms with Crippen LogP contribution in [0.15, 0.2) is 6.33 Å². The Kier molecular flexibility index (Phi) is 2.76. The quantitative estimate of drug-likeness (QED) is 0.909. The Morgan fingerprint density at radius 3 is 2.83 bits per heavy atom. The summed E-state index contributed by atoms with van der Waals surface area (Å²) >= 11 is 0. The molecule has 9 heteroatoms. The van der Waals surface area contributed by atoms with Gasteiger partial charge >= 0.3 is 6.18 Å². The molecule has 0 unspecified atom stereocenters. The van der Waals surface area contributed by atoms with Crippen LogP contribution in [-0.4, -0.2) is 45.7 Å². The first-order chi connectivity index (χ1) is 11.5. The van der Waals surface area contributed by atoms with Crippen LogP contribution >= 0.6 is 0 Å². The van der Waals surface area contributed by atoms with Gasteiger partial charge in [-0.25, -0.2) is 15.0 Å². The fraction of sp³-hybridized carbons (Fsp3) is 0.667. The van der Waals surface area contributed by atoms with Crippen molar-refractivity contribution in [1.29, 1.82) is 0 Å². The van der Waals surface area contributed by atoms with Gasteiger partial charge < -0.3 is 14.6 Å². The van der Waals surface area contributed by atoms with Gasteiger partial charge in [0.05, 0.1) is 18.5 Å². The highest BCUT2D eigenvalue weighted by molar-refractivity contribution is 5.83. The van der Waals surface area contributed by atoms with Crippen molar-refractivity contribution in [3.05, 3.63) is 12.2 Å². The molecule has 2 bridgehead atoms. The molecular weight excluding hydrogens is 323 g/mol. The number of fused-ring (bicyclic) bond motifs is 2. The van der Waals surface area contributed by atoms with E-state index in [0.29, 0.717) is 35.6 Å². The van der Waals surface area contributed by atoms with Gasteiger partial charge in [0, 0.05) is 13.7 Å². The second kappa shape index (κ2) is 4.59. The zero-order valence-electron chi connectivity index (χ0n) is 12.9. The number of methoxy groups -OCH3 is 1. The van der Waals surface area contributed by atoms with Crippen LogP contribution in [0, 0.1) is 17.8 Å². The van der Waals surface area contributed by atoms with Gasteiger partial charge in [-0.1, -0.05) is 0 Å². The summed E-state index contributed by atoms with van der Waals surface area (Å²) in [4.78, 5) is 16.2. The van der Waals surface area contributed by atoms with Crippen LogP contribution in [0.1, 0.15) is 18.7 Å². The van der Waals surface area contributed by atoms with Gasteiger partial charge in [-0.2, -0.15) is 13.2 Å². The molecule has 2 aromatic heterocycles. The molecule has 0 radical (unpaired) electrons. The maximum atomic E-state index is 13.2. The van der Waals surface area contributed by atoms with Crippen LogP contribution in [-0.2, 0) is 10.9 Å². The second-order valence-electron chi connectivity index (χ2n) is 6.97. The molecule has 2 aliphatic carbocycles. The molecule has 3 fully saturated rings. The molecule has 2 saturated carbocycles. The van der Waals surface area contributed by atoms with Crippen molar-refractivity contribution >= 4 is 17.0 Å². The van der Waals surface area contributed by atoms with E-state index in [2.05, 4.69) is 19.9 Å². The van der Waals surface area contributed by atoms with E-state index in [1.165, 1.54) is 6.33 Å². The Balaban J connectivity index is 1.65. The van der Waals surface area contributed by atoms with E-state index < -0.39 is 12.0 Å². The van der Waals surface area contributed by atoms with E-state index in [0.717, 1.165) is 12.8 Å². The molecule has 24 heavy (non-hydrogen) atoms. The number of alkyl halides is 3. The number of imidazole rings is 1. The van der Waals surface area contributed by atoms with Gasteiger partial charge in [0.2, 0.25) is 5.82 Å². The lowest BCUT2D eigenvalue weighted by Gasteiger charge is -2.32. The predicted molar refractivity (Wildman–Crippen MR) is 78.3 cm³/mol. The summed E-state index contributed by atoms with van der Waals surface area (Å²) in [5.41, 5.74) is 0.512. The number of rotatable bonds is 2. The van der Waals surface area contributed by atoms with Crippen molar-refractivity contribution in [2.75, 3.05) is 18.6 Å². The highest BCUT2D eigenvalue weighted by Gasteiger charge is 2.60. The zero-order chi connectivity index (χ0) is 16.6. The molecule has 3 aliphatic rings. The van der Waals surface area contributed by atoms with Gasteiger partial charge in [-0.3, -0.25) is 0 Å². The lowest BCUT2D eigenvalue weighted by Crippen LogP contribution is -2.42. The van der Waals surface area contributed by atoms with Gasteiger partial charge in [-0.05, 0) is 30.6 Å². The first-order valence-electron chi connectivity index (χ1n) is 8.05. The highest BCUT2D eigenvalue weighted by Crippen LogP contribution is 2.56. The van der Waals surface area contributed by atoms with Crippen LogP contribution in [0.4, 0.5) is 19.0 Å². The Hall–Kier alpha value is -1.90. The average Bonchev–Trinajstić information content (AvgIpc) is 3.24. The molecule has 2 aromatic rings. The van der Waals surface area contributed by atoms with E-state index in [4.69, 9.17) is 4.74 Å². The molecule has 0 spiro atoms. The van der Waals surface area contributed by atoms with Crippen LogP contribution in [0.5, 0.6) is 0 Å². The Labute approximate surface area is 135 Å². The maximum absolute atomic E-state index is 13.2. The van der Waals surface area contributed by atoms with Gasteiger partial charge in [0.15, 0.2) is 11.5 Å². The number of aromatic amines is 1. The minimum absolute atomic E-state index is 0.0510. The lowest BCUT2D eigenvalue weighted by atomic mass is 9.88. The molecule has 5 atom stereocenters. The van der Waals surface area contributed by atoms with Crippen LogP contribution in [0.25, 0.3) is 11.2 Å². The van der Waals surface area contributed by atoms with E-state index in [9.17, 15) is 13.2 Å². The average molecular weight is 339 g/mol. The first kappa shape index (κ1) is 14.4. The van der Waals surface area contributed by atoms with Crippen LogP contribution in [0.3, 0.4) is 0 Å². The Bertz CT molecular complexity index is 804. The van der Waals surface area contributed by atoms with Crippen LogP contribution in [0.2, 0.25) is 0 Å². The summed E-state index contributed by atoms with van der Waals surface area (Å²) in [6, 6.07) is 0.0845. The fourth-order valence-corrected chi connectivity index (χ4v) is 5.12. The number of nitrogens with zero attached hydrogens (tertiary/aromatic N) is 4. The second-order valence-corrected chi connectivity index (χ2v) is 6.97. The third-order valence-corrected chi connectivity index (χ3v) is 5.88. The monoisotopic (exact) mass is 339 g/mol. The number of H-pyrrole nitrogens is 1. The molecule has 1 saturated heterocycles. The minimum atomic E-state index is -4.60. The number of hydrogen-bond acceptors (Lipinski definition) is 5. The first-order valence-corrected chi connectivity index (χ1v) is 8.05. The zero-order valence-corrected chi connectivity index (χ0v) is 12.9. The van der Waals surface area contributed by atoms with Crippen molar-refractivity contribution in [3.8, 4) is 0 Å². The molecule has 0 aromatic carbocycles. The number of aromatic nitrogens is 4. The number of hydrogen-bond donors (Lipinski definition) is 1. The van der Waals surface area contributed by atoms with Crippen molar-refractivity contribution in [2.45, 2.75) is 31.2 Å². The largest absolute Gasteiger partial charge is 0.451 e. The Morgan fingerprint density at radius 2 is 2.08 bits per heavy atom. The van der Waals surface area contributed by atoms with Gasteiger partial charge in [-0.15, -0.1) is 0 Å². The van der Waals surface area contributed by atoms with E-state index in [-0.39, 0.29) is 17.8 Å². The summed E-state index contributed by atoms with van der Waals surface area (Å²) in [5, 5.41) is 0. The normalized spacial score (nSPS) is 34.7. The predicted octanol–water partition coefficient (Wildman–Crippen LogP) is 2.23. The van der Waals surface area contributed by atoms with E-state index in [1.807, 2.05) is 4.90 Å². The lowest BCUT2D eigenvalue weighted by molar-refractivity contribution is -0.144. The van der Waals surface area contributed by atoms with Crippen molar-refractivity contribution in [2.24, 2.45) is 17.8 Å². The van der Waals surface area contributed by atoms with Gasteiger partial charge in [0.1, 0.15) is 5.52 Å². The number of ether oxygens (including phenoxy) is 1. The van der Waals surface area contributed by atoms with Crippen molar-refractivity contribution < 1.29 is 17.9 Å². The van der Waals surface area contributed by atoms with Gasteiger partial charge in [0.25, 0.3) is 0 Å². The highest BCUT2D eigenvalue weighted by atomic mass is 19.4. The standard InChI is InChI=1S/C15H16F3N5O/c1-24-11-6-2-7-4-23(10(11)8(7)3-6)13-9-12(20-5-19-9)21-14(22-13)15(16,17)18/h5-8,10-11H,2-4H2,1H3,(H,19,20,21,22)/t6-,7-,8-,10+,11+/m0/s1. The minimum Gasteiger partial charge on any atom is -0.379 e. The molecule has 5 rings (SSSR count). The summed E-state index contributed by atoms with van der Waals surface area (Å²) in [6.45, 7) is 0.716. The maximum Gasteiger partial charge on any atom is 0.451 e. The molecule has 1 aliphatic heterocycles. The summed E-state index contributed by atoms with van der Waals surface area (Å²) in [7, 11) is 1.68. The molecule has 3 heterocycles. The van der Waals surface area contributed by atoms with E-state index >= 15 is 0 Å². The third kappa shape index (κ3) is 1.78. The topological polar surface area (TPSA) is 66.9 Å². The molecule has 1 N–H and O–H groups in total. The summed E-state index contributed by atoms with van der Waals surface area (Å²) in [5.74, 6) is 0.642. The number of anilines is 1. The molecule has 128 valence electrons. The summed E-state index contributed by atoms with van der Waals surface area (Å²) in [6.07, 6.45) is -1.01. The van der Waals surface area contributed by atoms with Crippen molar-refractivity contribution in [3.63, 3.8) is 0 Å². The van der Waals surface area contributed by atoms with Crippen molar-refractivity contribution in [1.82, 2.24) is 19.9 Å². The SMILES string of the molecule is CO[C@@H]1[C@H]2C[C@H]3CN(c4nc(C(F)(F)F)nc5nc[nH]c45)[C@@H]1[C@H]3C2. The van der Waals surface area contributed by atoms with Crippen LogP contribution < -0.4 is 4.90 Å². The number of nitrogens with one attached hydrogen (secondary N) is 1. The summed E-state index contributed by atoms with van der Waals surface area (Å²) < 4.78 is 45.2. The molecule has 0 amide bonds.